The Balaban J connectivity index is 1.17. The Morgan fingerprint density at radius 3 is 2.30 bits per heavy atom. The van der Waals surface area contributed by atoms with Crippen LogP contribution >= 0.6 is 11.3 Å². The standard InChI is InChI=1S/C33H31N5O4S2/c1-42-27-12-15-29(30(21-27)36-44(40,41)28-13-10-23(11-14-28)25-8-5-9-26(34)20-25)32(39)37-16-18-38(19-17-37)33-35-31(22-43-33)24-6-3-2-4-7-24/h2-15,20-22,36H,16-19,34H2,1H3. The third kappa shape index (κ3) is 6.24. The molecular weight excluding hydrogens is 595 g/mol. The molecule has 0 atom stereocenters. The van der Waals surface area contributed by atoms with Gasteiger partial charge in [-0.25, -0.2) is 13.4 Å². The summed E-state index contributed by atoms with van der Waals surface area (Å²) in [6.45, 7) is 2.18. The molecule has 11 heteroatoms. The fourth-order valence-corrected chi connectivity index (χ4v) is 7.05. The molecule has 3 N–H and O–H groups in total. The number of sulfonamides is 1. The van der Waals surface area contributed by atoms with Gasteiger partial charge in [0.25, 0.3) is 15.9 Å². The van der Waals surface area contributed by atoms with E-state index in [0.29, 0.717) is 37.6 Å². The van der Waals surface area contributed by atoms with Gasteiger partial charge in [-0.05, 0) is 47.5 Å². The Labute approximate surface area is 260 Å². The van der Waals surface area contributed by atoms with Gasteiger partial charge in [0, 0.05) is 48.9 Å². The molecule has 6 rings (SSSR count). The molecule has 0 unspecified atom stereocenters. The average Bonchev–Trinajstić information content (AvgIpc) is 3.55. The van der Waals surface area contributed by atoms with Crippen LogP contribution < -0.4 is 20.1 Å². The number of thiazole rings is 1. The maximum atomic E-state index is 13.7. The van der Waals surface area contributed by atoms with E-state index in [1.807, 2.05) is 53.9 Å². The predicted octanol–water partition coefficient (Wildman–Crippen LogP) is 5.83. The number of anilines is 3. The van der Waals surface area contributed by atoms with Crippen molar-refractivity contribution in [2.45, 2.75) is 4.90 Å². The summed E-state index contributed by atoms with van der Waals surface area (Å²) in [5, 5.41) is 2.96. The maximum absolute atomic E-state index is 13.7. The van der Waals surface area contributed by atoms with Gasteiger partial charge in [0.2, 0.25) is 0 Å². The minimum absolute atomic E-state index is 0.0679. The van der Waals surface area contributed by atoms with Crippen LogP contribution in [0.15, 0.2) is 107 Å². The molecule has 5 aromatic rings. The largest absolute Gasteiger partial charge is 0.497 e. The van der Waals surface area contributed by atoms with E-state index in [0.717, 1.165) is 27.5 Å². The van der Waals surface area contributed by atoms with Crippen LogP contribution in [0.25, 0.3) is 22.4 Å². The van der Waals surface area contributed by atoms with Crippen LogP contribution in [-0.2, 0) is 10.0 Å². The van der Waals surface area contributed by atoms with E-state index < -0.39 is 10.0 Å². The van der Waals surface area contributed by atoms with Crippen LogP contribution in [0.2, 0.25) is 0 Å². The smallest absolute Gasteiger partial charge is 0.261 e. The maximum Gasteiger partial charge on any atom is 0.261 e. The monoisotopic (exact) mass is 625 g/mol. The topological polar surface area (TPSA) is 118 Å². The number of carbonyl (C=O) groups excluding carboxylic acids is 1. The Kier molecular flexibility index (Phi) is 8.23. The summed E-state index contributed by atoms with van der Waals surface area (Å²) in [6.07, 6.45) is 0. The molecule has 0 saturated carbocycles. The summed E-state index contributed by atoms with van der Waals surface area (Å²) in [5.74, 6) is 0.171. The first kappa shape index (κ1) is 29.2. The van der Waals surface area contributed by atoms with Crippen molar-refractivity contribution in [3.8, 4) is 28.1 Å². The number of methoxy groups -OCH3 is 1. The van der Waals surface area contributed by atoms with Crippen molar-refractivity contribution in [1.29, 1.82) is 0 Å². The van der Waals surface area contributed by atoms with Gasteiger partial charge in [-0.2, -0.15) is 0 Å². The molecule has 2 heterocycles. The summed E-state index contributed by atoms with van der Waals surface area (Å²) in [4.78, 5) is 22.5. The van der Waals surface area contributed by atoms with Gasteiger partial charge in [-0.3, -0.25) is 9.52 Å². The first-order valence-corrected chi connectivity index (χ1v) is 16.4. The minimum atomic E-state index is -4.01. The van der Waals surface area contributed by atoms with Crippen molar-refractivity contribution < 1.29 is 17.9 Å². The normalized spacial score (nSPS) is 13.5. The molecule has 0 bridgehead atoms. The SMILES string of the molecule is COc1ccc(C(=O)N2CCN(c3nc(-c4ccccc4)cs3)CC2)c(NS(=O)(=O)c2ccc(-c3cccc(N)c3)cc2)c1. The summed E-state index contributed by atoms with van der Waals surface area (Å²) in [5.41, 5.74) is 10.6. The summed E-state index contributed by atoms with van der Waals surface area (Å²) >= 11 is 1.58. The van der Waals surface area contributed by atoms with Gasteiger partial charge in [-0.15, -0.1) is 11.3 Å². The van der Waals surface area contributed by atoms with Gasteiger partial charge < -0.3 is 20.3 Å². The molecule has 1 aromatic heterocycles. The number of ether oxygens (including phenoxy) is 1. The minimum Gasteiger partial charge on any atom is -0.497 e. The molecular formula is C33H31N5O4S2. The van der Waals surface area contributed by atoms with Gasteiger partial charge >= 0.3 is 0 Å². The number of carbonyl (C=O) groups is 1. The molecule has 1 amide bonds. The van der Waals surface area contributed by atoms with Crippen molar-refractivity contribution in [1.82, 2.24) is 9.88 Å². The third-order valence-corrected chi connectivity index (χ3v) is 9.77. The molecule has 0 spiro atoms. The summed E-state index contributed by atoms with van der Waals surface area (Å²) in [6, 6.07) is 28.7. The zero-order chi connectivity index (χ0) is 30.7. The van der Waals surface area contributed by atoms with E-state index in [1.54, 1.807) is 46.6 Å². The van der Waals surface area contributed by atoms with E-state index >= 15 is 0 Å². The number of amides is 1. The lowest BCUT2D eigenvalue weighted by Gasteiger charge is -2.35. The zero-order valence-corrected chi connectivity index (χ0v) is 25.6. The number of rotatable bonds is 8. The molecule has 4 aromatic carbocycles. The lowest BCUT2D eigenvalue weighted by Crippen LogP contribution is -2.49. The van der Waals surface area contributed by atoms with E-state index in [-0.39, 0.29) is 22.1 Å². The van der Waals surface area contributed by atoms with Gasteiger partial charge in [0.15, 0.2) is 5.13 Å². The second-order valence-electron chi connectivity index (χ2n) is 10.3. The first-order valence-electron chi connectivity index (χ1n) is 14.0. The molecule has 224 valence electrons. The van der Waals surface area contributed by atoms with Gasteiger partial charge in [0.1, 0.15) is 5.75 Å². The van der Waals surface area contributed by atoms with Crippen LogP contribution in [0.4, 0.5) is 16.5 Å². The Bertz CT molecular complexity index is 1890. The number of aromatic nitrogens is 1. The van der Waals surface area contributed by atoms with Crippen molar-refractivity contribution in [3.63, 3.8) is 0 Å². The van der Waals surface area contributed by atoms with Crippen molar-refractivity contribution in [2.24, 2.45) is 0 Å². The van der Waals surface area contributed by atoms with Crippen LogP contribution in [0.3, 0.4) is 0 Å². The molecule has 1 aliphatic heterocycles. The number of nitrogens with two attached hydrogens (primary N) is 1. The van der Waals surface area contributed by atoms with Crippen LogP contribution in [-0.4, -0.2) is 57.5 Å². The fourth-order valence-electron chi connectivity index (χ4n) is 5.09. The van der Waals surface area contributed by atoms with Crippen LogP contribution in [0.1, 0.15) is 10.4 Å². The molecule has 44 heavy (non-hydrogen) atoms. The highest BCUT2D eigenvalue weighted by Gasteiger charge is 2.27. The Hall–Kier alpha value is -4.87. The second-order valence-corrected chi connectivity index (χ2v) is 12.8. The van der Waals surface area contributed by atoms with E-state index in [4.69, 9.17) is 15.5 Å². The van der Waals surface area contributed by atoms with Crippen molar-refractivity contribution in [2.75, 3.05) is 48.6 Å². The van der Waals surface area contributed by atoms with Gasteiger partial charge in [-0.1, -0.05) is 54.6 Å². The predicted molar refractivity (Wildman–Crippen MR) is 176 cm³/mol. The number of nitrogens with one attached hydrogen (secondary N) is 1. The quantitative estimate of drug-likeness (QED) is 0.208. The van der Waals surface area contributed by atoms with E-state index in [1.165, 1.54) is 25.3 Å². The number of nitrogens with zero attached hydrogens (tertiary/aromatic N) is 3. The van der Waals surface area contributed by atoms with Crippen LogP contribution in [0, 0.1) is 0 Å². The molecule has 1 fully saturated rings. The van der Waals surface area contributed by atoms with E-state index in [2.05, 4.69) is 9.62 Å². The molecule has 1 aliphatic rings. The molecule has 0 radical (unpaired) electrons. The summed E-state index contributed by atoms with van der Waals surface area (Å²) < 4.78 is 34.9. The lowest BCUT2D eigenvalue weighted by atomic mass is 10.1. The third-order valence-electron chi connectivity index (χ3n) is 7.49. The van der Waals surface area contributed by atoms with Crippen LogP contribution in [0.5, 0.6) is 5.75 Å². The fraction of sp³-hybridized carbons (Fsp3) is 0.152. The lowest BCUT2D eigenvalue weighted by molar-refractivity contribution is 0.0748. The highest BCUT2D eigenvalue weighted by molar-refractivity contribution is 7.92. The van der Waals surface area contributed by atoms with Gasteiger partial charge in [0.05, 0.1) is 29.0 Å². The number of nitrogen functional groups attached to an aromatic ring is 1. The van der Waals surface area contributed by atoms with Crippen molar-refractivity contribution in [3.05, 3.63) is 108 Å². The first-order chi connectivity index (χ1) is 21.3. The number of benzene rings is 4. The Morgan fingerprint density at radius 1 is 0.864 bits per heavy atom. The Morgan fingerprint density at radius 2 is 1.59 bits per heavy atom. The highest BCUT2D eigenvalue weighted by atomic mass is 32.2. The van der Waals surface area contributed by atoms with Crippen molar-refractivity contribution >= 4 is 43.8 Å². The zero-order valence-electron chi connectivity index (χ0n) is 24.0. The van der Waals surface area contributed by atoms with E-state index in [9.17, 15) is 13.2 Å². The summed E-state index contributed by atoms with van der Waals surface area (Å²) in [7, 11) is -2.52. The molecule has 0 aliphatic carbocycles. The average molecular weight is 626 g/mol. The number of hydrogen-bond acceptors (Lipinski definition) is 8. The number of hydrogen-bond donors (Lipinski definition) is 2. The molecule has 9 nitrogen and oxygen atoms in total. The molecule has 1 saturated heterocycles. The second kappa shape index (κ2) is 12.4. The number of piperazine rings is 1. The highest BCUT2D eigenvalue weighted by Crippen LogP contribution is 2.30.